The number of hydrogen-bond acceptors (Lipinski definition) is 19. The lowest BCUT2D eigenvalue weighted by molar-refractivity contribution is -0.385. The van der Waals surface area contributed by atoms with Gasteiger partial charge >= 0.3 is 37.9 Å². The molecule has 0 saturated heterocycles. The molecule has 6 aromatic rings. The van der Waals surface area contributed by atoms with E-state index in [1.54, 1.807) is 23.8 Å². The first-order valence-corrected chi connectivity index (χ1v) is 35.0. The van der Waals surface area contributed by atoms with Crippen LogP contribution in [-0.4, -0.2) is 144 Å². The Kier molecular flexibility index (Phi) is 31.8. The van der Waals surface area contributed by atoms with Gasteiger partial charge in [0, 0.05) is 37.0 Å². The normalized spacial score (nSPS) is 14.0. The van der Waals surface area contributed by atoms with Crippen LogP contribution in [0.3, 0.4) is 0 Å². The molecule has 2 heterocycles. The molecule has 3 atom stereocenters. The molecule has 1 fully saturated rings. The van der Waals surface area contributed by atoms with E-state index < -0.39 is 109 Å². The van der Waals surface area contributed by atoms with Gasteiger partial charge in [0.1, 0.15) is 35.3 Å². The molecule has 1 saturated carbocycles. The monoisotopic (exact) mass is 1530 g/mol. The third-order valence-corrected chi connectivity index (χ3v) is 16.4. The predicted octanol–water partition coefficient (Wildman–Crippen LogP) is 12.9. The highest BCUT2D eigenvalue weighted by Gasteiger charge is 2.38. The minimum absolute atomic E-state index is 0.0223. The van der Waals surface area contributed by atoms with Crippen LogP contribution in [0.4, 0.5) is 43.4 Å². The second-order valence-electron chi connectivity index (χ2n) is 21.6. The summed E-state index contributed by atoms with van der Waals surface area (Å²) < 4.78 is 141. The number of aromatic nitrogens is 1. The number of carbonyl (C=O) groups is 6. The Balaban J connectivity index is 0.000000277. The average Bonchev–Trinajstić information content (AvgIpc) is 1.59. The number of carbonyl (C=O) groups excluding carboxylic acids is 5. The number of carboxylic acids is 1. The number of esters is 2. The van der Waals surface area contributed by atoms with E-state index in [-0.39, 0.29) is 70.0 Å². The number of nitro benzene ring substituents is 1. The summed E-state index contributed by atoms with van der Waals surface area (Å²) in [5.41, 5.74) is 0.393. The van der Waals surface area contributed by atoms with Crippen LogP contribution in [0.5, 0.6) is 17.2 Å². The molecule has 1 aliphatic carbocycles. The molecule has 0 spiro atoms. The van der Waals surface area contributed by atoms with Gasteiger partial charge in [0.25, 0.3) is 11.6 Å². The third-order valence-electron chi connectivity index (χ3n) is 13.8. The van der Waals surface area contributed by atoms with Crippen molar-refractivity contribution in [2.45, 2.75) is 107 Å². The topological polar surface area (TPSA) is 348 Å². The predicted molar refractivity (Wildman–Crippen MR) is 355 cm³/mol. The highest BCUT2D eigenvalue weighted by Crippen LogP contribution is 2.43. The van der Waals surface area contributed by atoms with Crippen LogP contribution < -0.4 is 24.6 Å². The summed E-state index contributed by atoms with van der Waals surface area (Å²) in [6.07, 6.45) is -6.81. The number of amides is 2. The fourth-order valence-corrected chi connectivity index (χ4v) is 11.0. The van der Waals surface area contributed by atoms with Crippen LogP contribution in [0.25, 0.3) is 0 Å². The number of hydrogen-bond donors (Lipinski definition) is 4. The molecule has 37 heteroatoms. The molecule has 2 amide bonds. The number of para-hydroxylation sites is 3. The minimum atomic E-state index is -4.71. The van der Waals surface area contributed by atoms with Crippen LogP contribution in [-0.2, 0) is 66.6 Å². The van der Waals surface area contributed by atoms with E-state index in [1.807, 2.05) is 57.2 Å². The van der Waals surface area contributed by atoms with Crippen molar-refractivity contribution in [3.63, 3.8) is 0 Å². The van der Waals surface area contributed by atoms with Crippen molar-refractivity contribution in [1.29, 1.82) is 0 Å². The first-order chi connectivity index (χ1) is 46.6. The summed E-state index contributed by atoms with van der Waals surface area (Å²) in [4.78, 5) is 98.9. The van der Waals surface area contributed by atoms with E-state index in [0.717, 1.165) is 84.4 Å². The van der Waals surface area contributed by atoms with Crippen molar-refractivity contribution in [3.05, 3.63) is 163 Å². The number of benzene rings is 5. The molecule has 4 N–H and O–H groups in total. The fraction of sp³-hybridized carbons (Fsp3) is 0.381. The largest absolute Gasteiger partial charge is 0.489 e. The molecule has 5 aromatic carbocycles. The van der Waals surface area contributed by atoms with Crippen molar-refractivity contribution in [2.75, 3.05) is 61.7 Å². The Morgan fingerprint density at radius 3 is 2.07 bits per heavy atom. The Labute approximate surface area is 589 Å². The number of fused-ring (bicyclic) bond motifs is 1. The van der Waals surface area contributed by atoms with E-state index >= 15 is 0 Å². The first-order valence-electron chi connectivity index (χ1n) is 29.5. The smallest absolute Gasteiger partial charge is 0.416 e. The van der Waals surface area contributed by atoms with Gasteiger partial charge in [-0.25, -0.2) is 18.0 Å². The summed E-state index contributed by atoms with van der Waals surface area (Å²) in [6.45, 7) is 11.3. The number of halogens is 10. The summed E-state index contributed by atoms with van der Waals surface area (Å²) in [7, 11) is -6.50. The lowest BCUT2D eigenvalue weighted by Crippen LogP contribution is -2.47. The van der Waals surface area contributed by atoms with Gasteiger partial charge in [-0.1, -0.05) is 77.2 Å². The number of aliphatic carboxylic acids is 1. The van der Waals surface area contributed by atoms with Gasteiger partial charge in [-0.3, -0.25) is 39.2 Å². The summed E-state index contributed by atoms with van der Waals surface area (Å²) in [5, 5.41) is 24.5. The number of ether oxygens (including phenoxy) is 5. The average molecular weight is 1530 g/mol. The highest BCUT2D eigenvalue weighted by atomic mass is 35.5. The molecular weight excluding hydrogens is 1470 g/mol. The molecule has 3 unspecified atom stereocenters. The van der Waals surface area contributed by atoms with Crippen LogP contribution in [0.15, 0.2) is 113 Å². The van der Waals surface area contributed by atoms with Crippen LogP contribution >= 0.6 is 54.0 Å². The van der Waals surface area contributed by atoms with Crippen molar-refractivity contribution in [2.24, 2.45) is 0 Å². The number of aryl methyl sites for hydroxylation is 2. The molecule has 2 aliphatic rings. The molecular formula is C63H68Cl4F6N5O20PS. The second kappa shape index (κ2) is 37.7. The Morgan fingerprint density at radius 1 is 0.900 bits per heavy atom. The van der Waals surface area contributed by atoms with Gasteiger partial charge in [0.15, 0.2) is 32.3 Å². The number of nitro groups is 1. The summed E-state index contributed by atoms with van der Waals surface area (Å²) in [6, 6.07) is 20.7. The number of sulfone groups is 1. The number of nitrogens with zero attached hydrogens (tertiary/aromatic N) is 4. The van der Waals surface area contributed by atoms with Gasteiger partial charge in [0.2, 0.25) is 5.91 Å². The summed E-state index contributed by atoms with van der Waals surface area (Å²) >= 11 is 22.8. The molecule has 1 aliphatic heterocycles. The number of nitrogens with one attached hydrogen (secondary N) is 1. The number of alkyl halides is 9. The van der Waals surface area contributed by atoms with Crippen molar-refractivity contribution < 1.29 is 116 Å². The zero-order valence-corrected chi connectivity index (χ0v) is 59.0. The van der Waals surface area contributed by atoms with E-state index in [0.29, 0.717) is 42.9 Å². The maximum Gasteiger partial charge on any atom is 0.416 e. The van der Waals surface area contributed by atoms with Crippen LogP contribution in [0.1, 0.15) is 108 Å². The molecule has 8 rings (SSSR count). The van der Waals surface area contributed by atoms with E-state index in [1.165, 1.54) is 13.1 Å². The van der Waals surface area contributed by atoms with E-state index in [4.69, 9.17) is 89.5 Å². The highest BCUT2D eigenvalue weighted by molar-refractivity contribution is 7.90. The third kappa shape index (κ3) is 25.0. The number of carboxylic acid groups (broad SMARTS) is 1. The molecule has 1 aromatic heterocycles. The minimum Gasteiger partial charge on any atom is -0.489 e. The lowest BCUT2D eigenvalue weighted by atomic mass is 10.0. The Bertz CT molecular complexity index is 4050. The van der Waals surface area contributed by atoms with Crippen LogP contribution in [0.2, 0.25) is 5.02 Å². The number of methoxy groups -OCH3 is 1. The Hall–Kier alpha value is -7.91. The van der Waals surface area contributed by atoms with Crippen molar-refractivity contribution in [3.8, 4) is 17.2 Å². The zero-order valence-electron chi connectivity index (χ0n) is 54.3. The number of rotatable bonds is 22. The van der Waals surface area contributed by atoms with Gasteiger partial charge in [-0.05, 0) is 120 Å². The van der Waals surface area contributed by atoms with Gasteiger partial charge < -0.3 is 52.9 Å². The number of ketones is 1. The molecule has 0 radical (unpaired) electrons. The zero-order chi connectivity index (χ0) is 75.4. The molecule has 100 heavy (non-hydrogen) atoms. The molecule has 25 nitrogen and oxygen atoms in total. The molecule has 0 bridgehead atoms. The fourth-order valence-electron chi connectivity index (χ4n) is 9.09. The van der Waals surface area contributed by atoms with E-state index in [9.17, 15) is 78.2 Å². The van der Waals surface area contributed by atoms with E-state index in [2.05, 4.69) is 23.5 Å². The lowest BCUT2D eigenvalue weighted by Gasteiger charge is -2.35. The van der Waals surface area contributed by atoms with Crippen molar-refractivity contribution in [1.82, 2.24) is 10.5 Å². The number of anilines is 2. The quantitative estimate of drug-likeness (QED) is 0.00933. The van der Waals surface area contributed by atoms with Crippen molar-refractivity contribution >= 4 is 116 Å². The van der Waals surface area contributed by atoms with Crippen LogP contribution in [0, 0.1) is 17.0 Å². The maximum absolute atomic E-state index is 12.8. The second-order valence-corrected chi connectivity index (χ2v) is 27.0. The van der Waals surface area contributed by atoms with Gasteiger partial charge in [0.05, 0.1) is 87.2 Å². The van der Waals surface area contributed by atoms with Gasteiger partial charge in [-0.2, -0.15) is 26.3 Å². The van der Waals surface area contributed by atoms with Gasteiger partial charge in [-0.15, -0.1) is 11.6 Å². The molecule has 546 valence electrons. The SMILES string of the molecule is CC1COc2ccccc2N1C(=O)C(Cl)Cl.CCOC(=O)C(C)OC(=O)c1cc(Oc2ccc(C(F)(F)F)cc2Cl)ccc1[N+](=O)[O-].CCc1cccc(C)c1N(C(=O)CCl)C(C)COC.CS(=O)(=O)c1cc(C(F)(F)F)ccc1C(=O)c1cnoc1C1CC1.O=C(O)CNCP(=O)(O)O. The summed E-state index contributed by atoms with van der Waals surface area (Å²) in [5.74, 6) is -3.57. The standard InChI is InChI=1S/C19H15ClF3NO7.C15H22ClNO2.C15H12F3NO4S.C11H11Cl2NO2.C3H8NO5P/c1-3-29-17(25)10(2)30-18(26)13-9-12(5-6-15(13)24(27)28)31-16-7-4-11(8-14(16)20)19(21,22)23;1-5-13-8-6-7-11(2)15(13)17(14(18)9-16)12(3)10-19-4;1-24(21,22)12-6-9(15(16,17)18)4-5-10(12)13(20)11-7-19-23-14(11)8-2-3-8;1-7-6-16-9-5-3-2-4-8(9)14(7)11(15)10(12)13;5-3(6)1-4-2-10(7,8)9/h4-10H,3H2,1-2H3;6-8,12H,5,9-10H2,1-4H3;4-8H,2-3H2,1H3;2-5,7,10H,6H2,1H3;4H,1-2H2,(H,5,6)(H2,7,8,9). The Morgan fingerprint density at radius 2 is 1.53 bits per heavy atom. The first kappa shape index (κ1) is 84.5. The maximum atomic E-state index is 12.8.